The number of nitrogens with one attached hydrogen (secondary N) is 1. The van der Waals surface area contributed by atoms with E-state index in [1.807, 2.05) is 13.8 Å². The van der Waals surface area contributed by atoms with E-state index in [-0.39, 0.29) is 18.1 Å². The van der Waals surface area contributed by atoms with Crippen molar-refractivity contribution in [1.82, 2.24) is 10.3 Å². The zero-order valence-corrected chi connectivity index (χ0v) is 14.5. The average molecular weight is 348 g/mol. The molecule has 2 N–H and O–H groups in total. The van der Waals surface area contributed by atoms with E-state index in [0.29, 0.717) is 10.6 Å². The molecular formula is C13H20N2O5S2. The summed E-state index contributed by atoms with van der Waals surface area (Å²) in [6, 6.07) is -1.24. The van der Waals surface area contributed by atoms with Crippen molar-refractivity contribution in [2.45, 2.75) is 39.2 Å². The van der Waals surface area contributed by atoms with Crippen molar-refractivity contribution in [1.29, 1.82) is 0 Å². The maximum atomic E-state index is 12.2. The number of thiazole rings is 1. The van der Waals surface area contributed by atoms with Crippen molar-refractivity contribution in [3.8, 4) is 0 Å². The Bertz CT molecular complexity index is 664. The molecule has 1 aromatic heterocycles. The van der Waals surface area contributed by atoms with Gasteiger partial charge in [-0.15, -0.1) is 11.3 Å². The van der Waals surface area contributed by atoms with Crippen LogP contribution in [0.5, 0.6) is 0 Å². The monoisotopic (exact) mass is 348 g/mol. The predicted molar refractivity (Wildman–Crippen MR) is 84.2 cm³/mol. The summed E-state index contributed by atoms with van der Waals surface area (Å²) in [6.07, 6.45) is 0.852. The van der Waals surface area contributed by atoms with Gasteiger partial charge in [-0.25, -0.2) is 18.2 Å². The van der Waals surface area contributed by atoms with Crippen molar-refractivity contribution in [3.63, 3.8) is 0 Å². The van der Waals surface area contributed by atoms with E-state index in [2.05, 4.69) is 10.3 Å². The van der Waals surface area contributed by atoms with Crippen molar-refractivity contribution < 1.29 is 23.1 Å². The van der Waals surface area contributed by atoms with Crippen LogP contribution in [0.3, 0.4) is 0 Å². The highest BCUT2D eigenvalue weighted by molar-refractivity contribution is 7.90. The number of carboxylic acid groups (broad SMARTS) is 1. The van der Waals surface area contributed by atoms with Crippen LogP contribution in [0.2, 0.25) is 0 Å². The van der Waals surface area contributed by atoms with Crippen LogP contribution >= 0.6 is 11.3 Å². The molecule has 0 aliphatic rings. The fourth-order valence-corrected chi connectivity index (χ4v) is 3.32. The van der Waals surface area contributed by atoms with Crippen LogP contribution in [0.25, 0.3) is 0 Å². The Morgan fingerprint density at radius 3 is 2.36 bits per heavy atom. The minimum absolute atomic E-state index is 0.172. The molecule has 7 nitrogen and oxygen atoms in total. The summed E-state index contributed by atoms with van der Waals surface area (Å²) < 4.78 is 22.3. The predicted octanol–water partition coefficient (Wildman–Crippen LogP) is 1.19. The number of aryl methyl sites for hydroxylation is 1. The molecule has 22 heavy (non-hydrogen) atoms. The summed E-state index contributed by atoms with van der Waals surface area (Å²) in [5.74, 6) is -1.93. The fraction of sp³-hybridized carbons (Fsp3) is 0.615. The first-order valence-electron chi connectivity index (χ1n) is 6.70. The van der Waals surface area contributed by atoms with E-state index in [4.69, 9.17) is 5.11 Å². The first kappa shape index (κ1) is 18.6. The number of aliphatic carboxylic acids is 1. The SMILES string of the molecule is Cc1nc(C(C)C)sc1C(=O)NC(CCS(C)(=O)=O)C(=O)O. The Kier molecular flexibility index (Phi) is 6.07. The molecule has 0 aliphatic carbocycles. The zero-order chi connectivity index (χ0) is 17.1. The summed E-state index contributed by atoms with van der Waals surface area (Å²) in [5.41, 5.74) is 0.540. The number of carbonyl (C=O) groups is 2. The fourth-order valence-electron chi connectivity index (χ4n) is 1.69. The number of amides is 1. The molecule has 1 amide bonds. The number of sulfone groups is 1. The molecule has 0 saturated heterocycles. The van der Waals surface area contributed by atoms with Gasteiger partial charge in [0.25, 0.3) is 5.91 Å². The average Bonchev–Trinajstić information content (AvgIpc) is 2.75. The minimum Gasteiger partial charge on any atom is -0.480 e. The Morgan fingerprint density at radius 1 is 1.36 bits per heavy atom. The number of carboxylic acids is 1. The van der Waals surface area contributed by atoms with Gasteiger partial charge in [-0.1, -0.05) is 13.8 Å². The van der Waals surface area contributed by atoms with E-state index in [0.717, 1.165) is 11.3 Å². The number of hydrogen-bond donors (Lipinski definition) is 2. The third kappa shape index (κ3) is 5.38. The van der Waals surface area contributed by atoms with Crippen molar-refractivity contribution >= 4 is 33.1 Å². The van der Waals surface area contributed by atoms with E-state index >= 15 is 0 Å². The summed E-state index contributed by atoms with van der Waals surface area (Å²) in [7, 11) is -3.29. The molecule has 124 valence electrons. The van der Waals surface area contributed by atoms with Gasteiger partial charge in [0.05, 0.1) is 16.5 Å². The van der Waals surface area contributed by atoms with Crippen LogP contribution in [0.15, 0.2) is 0 Å². The van der Waals surface area contributed by atoms with Gasteiger partial charge in [0.1, 0.15) is 20.8 Å². The second kappa shape index (κ2) is 7.19. The maximum absolute atomic E-state index is 12.2. The van der Waals surface area contributed by atoms with Gasteiger partial charge in [0, 0.05) is 12.2 Å². The van der Waals surface area contributed by atoms with Gasteiger partial charge in [-0.3, -0.25) is 4.79 Å². The smallest absolute Gasteiger partial charge is 0.326 e. The lowest BCUT2D eigenvalue weighted by Crippen LogP contribution is -2.41. The molecule has 9 heteroatoms. The minimum atomic E-state index is -3.29. The maximum Gasteiger partial charge on any atom is 0.326 e. The zero-order valence-electron chi connectivity index (χ0n) is 12.9. The molecule has 1 unspecified atom stereocenters. The number of carbonyl (C=O) groups excluding carboxylic acids is 1. The molecule has 1 rings (SSSR count). The topological polar surface area (TPSA) is 113 Å². The highest BCUT2D eigenvalue weighted by atomic mass is 32.2. The van der Waals surface area contributed by atoms with Crippen LogP contribution in [-0.2, 0) is 14.6 Å². The lowest BCUT2D eigenvalue weighted by atomic mass is 10.2. The molecule has 0 bridgehead atoms. The van der Waals surface area contributed by atoms with Crippen LogP contribution < -0.4 is 5.32 Å². The second-order valence-electron chi connectivity index (χ2n) is 5.40. The number of aromatic nitrogens is 1. The normalized spacial score (nSPS) is 13.1. The molecule has 1 atom stereocenters. The third-order valence-corrected chi connectivity index (χ3v) is 5.33. The third-order valence-electron chi connectivity index (χ3n) is 2.89. The number of hydrogen-bond acceptors (Lipinski definition) is 6. The Hall–Kier alpha value is -1.48. The molecule has 0 saturated carbocycles. The Labute approximate surface area is 133 Å². The largest absolute Gasteiger partial charge is 0.480 e. The molecule has 0 aromatic carbocycles. The van der Waals surface area contributed by atoms with Gasteiger partial charge >= 0.3 is 5.97 Å². The first-order valence-corrected chi connectivity index (χ1v) is 9.57. The summed E-state index contributed by atoms with van der Waals surface area (Å²) in [4.78, 5) is 28.0. The molecule has 0 aliphatic heterocycles. The van der Waals surface area contributed by atoms with E-state index in [1.54, 1.807) is 6.92 Å². The second-order valence-corrected chi connectivity index (χ2v) is 8.69. The van der Waals surface area contributed by atoms with Gasteiger partial charge in [0.15, 0.2) is 0 Å². The molecule has 0 radical (unpaired) electrons. The van der Waals surface area contributed by atoms with Crippen LogP contribution in [0.1, 0.15) is 46.6 Å². The summed E-state index contributed by atoms with van der Waals surface area (Å²) in [6.45, 7) is 5.59. The molecule has 0 fully saturated rings. The quantitative estimate of drug-likeness (QED) is 0.765. The molecule has 1 aromatic rings. The lowest BCUT2D eigenvalue weighted by molar-refractivity contribution is -0.139. The van der Waals surface area contributed by atoms with Gasteiger partial charge in [-0.05, 0) is 13.3 Å². The molecule has 0 spiro atoms. The first-order chi connectivity index (χ1) is 10.0. The van der Waals surface area contributed by atoms with E-state index in [9.17, 15) is 18.0 Å². The Balaban J connectivity index is 2.85. The van der Waals surface area contributed by atoms with Crippen molar-refractivity contribution in [2.75, 3.05) is 12.0 Å². The number of nitrogens with zero attached hydrogens (tertiary/aromatic N) is 1. The molecule has 1 heterocycles. The number of rotatable bonds is 7. The van der Waals surface area contributed by atoms with Gasteiger partial charge < -0.3 is 10.4 Å². The van der Waals surface area contributed by atoms with Gasteiger partial charge in [-0.2, -0.15) is 0 Å². The van der Waals surface area contributed by atoms with E-state index < -0.39 is 27.8 Å². The summed E-state index contributed by atoms with van der Waals surface area (Å²) in [5, 5.41) is 12.3. The highest BCUT2D eigenvalue weighted by Crippen LogP contribution is 2.24. The van der Waals surface area contributed by atoms with Crippen LogP contribution in [0.4, 0.5) is 0 Å². The van der Waals surface area contributed by atoms with Gasteiger partial charge in [0.2, 0.25) is 0 Å². The van der Waals surface area contributed by atoms with Crippen molar-refractivity contribution in [2.24, 2.45) is 0 Å². The highest BCUT2D eigenvalue weighted by Gasteiger charge is 2.24. The standard InChI is InChI=1S/C13H20N2O5S2/c1-7(2)12-14-8(3)10(21-12)11(16)15-9(13(17)18)5-6-22(4,19)20/h7,9H,5-6H2,1-4H3,(H,15,16)(H,17,18). The van der Waals surface area contributed by atoms with E-state index in [1.165, 1.54) is 11.3 Å². The van der Waals surface area contributed by atoms with Crippen LogP contribution in [0, 0.1) is 6.92 Å². The lowest BCUT2D eigenvalue weighted by Gasteiger charge is -2.13. The van der Waals surface area contributed by atoms with Crippen LogP contribution in [-0.4, -0.2) is 48.4 Å². The summed E-state index contributed by atoms with van der Waals surface area (Å²) >= 11 is 1.22. The molecular weight excluding hydrogens is 328 g/mol. The Morgan fingerprint density at radius 2 is 1.95 bits per heavy atom. The van der Waals surface area contributed by atoms with Crippen molar-refractivity contribution in [3.05, 3.63) is 15.6 Å².